The molecule has 0 fully saturated rings. The molecule has 0 atom stereocenters. The van der Waals surface area contributed by atoms with Crippen LogP contribution in [-0.2, 0) is 12.3 Å². The fraction of sp³-hybridized carbons (Fsp3) is 0.273. The summed E-state index contributed by atoms with van der Waals surface area (Å²) in [7, 11) is 0. The number of rotatable bonds is 5. The van der Waals surface area contributed by atoms with Crippen molar-refractivity contribution < 1.29 is 4.39 Å². The quantitative estimate of drug-likeness (QED) is 0.860. The first kappa shape index (κ1) is 13.8. The van der Waals surface area contributed by atoms with E-state index < -0.39 is 0 Å². The van der Waals surface area contributed by atoms with Crippen molar-refractivity contribution in [1.29, 1.82) is 0 Å². The number of benzene rings is 1. The molecule has 18 heavy (non-hydrogen) atoms. The van der Waals surface area contributed by atoms with Gasteiger partial charge in [0.15, 0.2) is 8.68 Å². The maximum atomic E-state index is 13.3. The van der Waals surface area contributed by atoms with Gasteiger partial charge in [0.1, 0.15) is 5.82 Å². The van der Waals surface area contributed by atoms with Gasteiger partial charge in [0.2, 0.25) is 0 Å². The van der Waals surface area contributed by atoms with Crippen LogP contribution in [0.1, 0.15) is 11.1 Å². The topological polar surface area (TPSA) is 51.8 Å². The van der Waals surface area contributed by atoms with Crippen molar-refractivity contribution in [3.63, 3.8) is 0 Å². The highest BCUT2D eigenvalue weighted by Crippen LogP contribution is 2.29. The van der Waals surface area contributed by atoms with Gasteiger partial charge in [0.05, 0.1) is 0 Å². The van der Waals surface area contributed by atoms with Crippen molar-refractivity contribution in [2.24, 2.45) is 5.73 Å². The number of hydrogen-bond donors (Lipinski definition) is 1. The largest absolute Gasteiger partial charge is 0.326 e. The van der Waals surface area contributed by atoms with Gasteiger partial charge in [0, 0.05) is 17.9 Å². The zero-order valence-electron chi connectivity index (χ0n) is 9.72. The summed E-state index contributed by atoms with van der Waals surface area (Å²) < 4.78 is 15.2. The fourth-order valence-electron chi connectivity index (χ4n) is 1.36. The lowest BCUT2D eigenvalue weighted by atomic mass is 10.1. The zero-order valence-corrected chi connectivity index (χ0v) is 12.2. The Morgan fingerprint density at radius 3 is 2.78 bits per heavy atom. The van der Waals surface area contributed by atoms with E-state index in [1.54, 1.807) is 47.0 Å². The first-order valence-electron chi connectivity index (χ1n) is 5.20. The van der Waals surface area contributed by atoms with Gasteiger partial charge in [-0.3, -0.25) is 0 Å². The predicted octanol–water partition coefficient (Wildman–Crippen LogP) is 3.15. The molecule has 0 amide bonds. The zero-order chi connectivity index (χ0) is 13.0. The molecule has 0 spiro atoms. The molecule has 0 radical (unpaired) electrons. The summed E-state index contributed by atoms with van der Waals surface area (Å²) in [5, 5.41) is 8.10. The Kier molecular flexibility index (Phi) is 4.99. The molecule has 0 aliphatic heterocycles. The monoisotopic (exact) mass is 301 g/mol. The van der Waals surface area contributed by atoms with Crippen LogP contribution in [-0.4, -0.2) is 16.5 Å². The summed E-state index contributed by atoms with van der Waals surface area (Å²) in [4.78, 5) is 0. The summed E-state index contributed by atoms with van der Waals surface area (Å²) >= 11 is 4.76. The lowest BCUT2D eigenvalue weighted by molar-refractivity contribution is 0.610. The van der Waals surface area contributed by atoms with Crippen molar-refractivity contribution in [1.82, 2.24) is 10.2 Å². The fourth-order valence-corrected chi connectivity index (χ4v) is 3.74. The van der Waals surface area contributed by atoms with E-state index in [1.807, 2.05) is 6.26 Å². The van der Waals surface area contributed by atoms with Crippen LogP contribution in [0, 0.1) is 5.82 Å². The number of thioether (sulfide) groups is 2. The number of halogens is 1. The maximum absolute atomic E-state index is 13.3. The normalized spacial score (nSPS) is 10.8. The lowest BCUT2D eigenvalue weighted by Crippen LogP contribution is -2.00. The summed E-state index contributed by atoms with van der Waals surface area (Å²) in [5.41, 5.74) is 7.07. The molecule has 7 heteroatoms. The Morgan fingerprint density at radius 2 is 2.11 bits per heavy atom. The third-order valence-corrected chi connectivity index (χ3v) is 5.36. The van der Waals surface area contributed by atoms with Crippen LogP contribution >= 0.6 is 34.9 Å². The highest BCUT2D eigenvalue weighted by atomic mass is 32.2. The third-order valence-electron chi connectivity index (χ3n) is 2.25. The molecule has 2 aromatic rings. The SMILES string of the molecule is CSc1nnc(SCc2ccc(F)c(CN)c2)s1. The highest BCUT2D eigenvalue weighted by Gasteiger charge is 2.06. The van der Waals surface area contributed by atoms with Crippen molar-refractivity contribution in [2.75, 3.05) is 6.26 Å². The average Bonchev–Trinajstić information content (AvgIpc) is 2.86. The third kappa shape index (κ3) is 3.44. The van der Waals surface area contributed by atoms with Gasteiger partial charge in [-0.1, -0.05) is 47.0 Å². The average molecular weight is 301 g/mol. The van der Waals surface area contributed by atoms with Crippen LogP contribution in [0.5, 0.6) is 0 Å². The van der Waals surface area contributed by atoms with Crippen LogP contribution in [0.4, 0.5) is 4.39 Å². The Labute approximate surface area is 117 Å². The highest BCUT2D eigenvalue weighted by molar-refractivity contribution is 8.02. The van der Waals surface area contributed by atoms with E-state index in [2.05, 4.69) is 10.2 Å². The molecule has 2 rings (SSSR count). The standard InChI is InChI=1S/C11H12FN3S3/c1-16-10-14-15-11(18-10)17-6-7-2-3-9(12)8(4-7)5-13/h2-4H,5-6,13H2,1H3. The van der Waals surface area contributed by atoms with E-state index in [9.17, 15) is 4.39 Å². The Hall–Kier alpha value is -0.630. The molecule has 1 aromatic carbocycles. The smallest absolute Gasteiger partial charge is 0.175 e. The molecule has 1 heterocycles. The first-order valence-corrected chi connectivity index (χ1v) is 8.23. The second-order valence-corrected chi connectivity index (χ2v) is 6.71. The molecule has 0 saturated heterocycles. The van der Waals surface area contributed by atoms with Crippen LogP contribution in [0.15, 0.2) is 26.9 Å². The first-order chi connectivity index (χ1) is 8.72. The second kappa shape index (κ2) is 6.51. The van der Waals surface area contributed by atoms with E-state index in [-0.39, 0.29) is 12.4 Å². The second-order valence-electron chi connectivity index (χ2n) is 3.46. The Bertz CT molecular complexity index is 530. The number of nitrogens with two attached hydrogens (primary N) is 1. The molecule has 0 saturated carbocycles. The Morgan fingerprint density at radius 1 is 1.33 bits per heavy atom. The van der Waals surface area contributed by atoms with Gasteiger partial charge >= 0.3 is 0 Å². The van der Waals surface area contributed by atoms with Gasteiger partial charge in [-0.05, 0) is 17.9 Å². The van der Waals surface area contributed by atoms with Crippen molar-refractivity contribution in [3.05, 3.63) is 35.1 Å². The number of hydrogen-bond acceptors (Lipinski definition) is 6. The summed E-state index contributed by atoms with van der Waals surface area (Å²) in [6.45, 7) is 0.222. The van der Waals surface area contributed by atoms with Crippen LogP contribution in [0.3, 0.4) is 0 Å². The van der Waals surface area contributed by atoms with Crippen LogP contribution in [0.2, 0.25) is 0 Å². The minimum Gasteiger partial charge on any atom is -0.326 e. The minimum absolute atomic E-state index is 0.222. The van der Waals surface area contributed by atoms with Crippen LogP contribution in [0.25, 0.3) is 0 Å². The molecule has 3 nitrogen and oxygen atoms in total. The van der Waals surface area contributed by atoms with Crippen molar-refractivity contribution in [2.45, 2.75) is 21.0 Å². The van der Waals surface area contributed by atoms with Gasteiger partial charge in [-0.25, -0.2) is 4.39 Å². The summed E-state index contributed by atoms with van der Waals surface area (Å²) in [6.07, 6.45) is 1.97. The molecule has 96 valence electrons. The van der Waals surface area contributed by atoms with Gasteiger partial charge in [0.25, 0.3) is 0 Å². The van der Waals surface area contributed by atoms with E-state index in [1.165, 1.54) is 6.07 Å². The molecule has 0 aliphatic carbocycles. The molecular weight excluding hydrogens is 289 g/mol. The van der Waals surface area contributed by atoms with Crippen molar-refractivity contribution >= 4 is 34.9 Å². The molecule has 0 aliphatic rings. The van der Waals surface area contributed by atoms with E-state index in [4.69, 9.17) is 5.73 Å². The van der Waals surface area contributed by atoms with Crippen LogP contribution < -0.4 is 5.73 Å². The number of nitrogens with zero attached hydrogens (tertiary/aromatic N) is 2. The molecule has 0 unspecified atom stereocenters. The van der Waals surface area contributed by atoms with E-state index in [0.29, 0.717) is 5.56 Å². The Balaban J connectivity index is 2.01. The molecule has 0 bridgehead atoms. The maximum Gasteiger partial charge on any atom is 0.175 e. The van der Waals surface area contributed by atoms with Gasteiger partial charge < -0.3 is 5.73 Å². The van der Waals surface area contributed by atoms with E-state index >= 15 is 0 Å². The predicted molar refractivity (Wildman–Crippen MR) is 75.5 cm³/mol. The molecule has 1 aromatic heterocycles. The number of aromatic nitrogens is 2. The van der Waals surface area contributed by atoms with Crippen molar-refractivity contribution in [3.8, 4) is 0 Å². The summed E-state index contributed by atoms with van der Waals surface area (Å²) in [5.74, 6) is 0.503. The van der Waals surface area contributed by atoms with Gasteiger partial charge in [-0.2, -0.15) is 0 Å². The lowest BCUT2D eigenvalue weighted by Gasteiger charge is -2.03. The van der Waals surface area contributed by atoms with Gasteiger partial charge in [-0.15, -0.1) is 10.2 Å². The minimum atomic E-state index is -0.244. The summed E-state index contributed by atoms with van der Waals surface area (Å²) in [6, 6.07) is 5.04. The van der Waals surface area contributed by atoms with E-state index in [0.717, 1.165) is 20.0 Å². The molecular formula is C11H12FN3S3. The molecule has 2 N–H and O–H groups in total.